The summed E-state index contributed by atoms with van der Waals surface area (Å²) in [7, 11) is 0. The van der Waals surface area contributed by atoms with Gasteiger partial charge in [0.1, 0.15) is 22.8 Å². The van der Waals surface area contributed by atoms with E-state index in [1.165, 1.54) is 12.1 Å². The van der Waals surface area contributed by atoms with Crippen LogP contribution in [0.4, 0.5) is 0 Å². The molecule has 4 atom stereocenters. The van der Waals surface area contributed by atoms with Crippen molar-refractivity contribution in [2.24, 2.45) is 17.6 Å². The number of rotatable bonds is 6. The highest BCUT2D eigenvalue weighted by molar-refractivity contribution is 6.32. The van der Waals surface area contributed by atoms with Gasteiger partial charge < -0.3 is 26.2 Å². The number of phenolic OH excluding ortho intramolecular Hbond substituents is 1. The smallest absolute Gasteiger partial charge is 0.255 e. The molecule has 10 heteroatoms. The van der Waals surface area contributed by atoms with Crippen molar-refractivity contribution in [3.05, 3.63) is 50.9 Å². The molecule has 0 unspecified atom stereocenters. The lowest BCUT2D eigenvalue weighted by Crippen LogP contribution is -2.64. The first kappa shape index (κ1) is 25.2. The van der Waals surface area contributed by atoms with E-state index in [-0.39, 0.29) is 34.8 Å². The lowest BCUT2D eigenvalue weighted by molar-refractivity contribution is -0.149. The zero-order chi connectivity index (χ0) is 25.8. The molecule has 1 amide bonds. The molecule has 0 saturated heterocycles. The molecule has 0 heterocycles. The van der Waals surface area contributed by atoms with E-state index in [4.69, 9.17) is 17.3 Å². The van der Waals surface area contributed by atoms with Gasteiger partial charge in [-0.3, -0.25) is 19.3 Å². The summed E-state index contributed by atoms with van der Waals surface area (Å²) in [6.07, 6.45) is 1.59. The summed E-state index contributed by atoms with van der Waals surface area (Å²) in [5.74, 6) is -6.66. The average Bonchev–Trinajstić information content (AvgIpc) is 2.78. The monoisotopic (exact) mass is 504 g/mol. The number of ketones is 2. The molecule has 0 aromatic heterocycles. The lowest BCUT2D eigenvalue weighted by atomic mass is 9.58. The second-order valence-corrected chi connectivity index (χ2v) is 9.86. The largest absolute Gasteiger partial charge is 0.510 e. The van der Waals surface area contributed by atoms with Crippen LogP contribution < -0.4 is 5.73 Å². The molecule has 1 aromatic rings. The zero-order valence-corrected chi connectivity index (χ0v) is 20.3. The van der Waals surface area contributed by atoms with Crippen LogP contribution in [0, 0.1) is 11.8 Å². The van der Waals surface area contributed by atoms with E-state index < -0.39 is 58.0 Å². The van der Waals surface area contributed by atoms with Crippen LogP contribution in [0.15, 0.2) is 34.8 Å². The number of halogens is 1. The van der Waals surface area contributed by atoms with Gasteiger partial charge in [-0.2, -0.15) is 0 Å². The minimum Gasteiger partial charge on any atom is -0.510 e. The fraction of sp³-hybridized carbons (Fsp3) is 0.480. The Labute approximate surface area is 207 Å². The van der Waals surface area contributed by atoms with Crippen LogP contribution in [0.3, 0.4) is 0 Å². The molecule has 3 aliphatic carbocycles. The van der Waals surface area contributed by atoms with Gasteiger partial charge in [-0.15, -0.1) is 0 Å². The predicted octanol–water partition coefficient (Wildman–Crippen LogP) is 2.33. The van der Waals surface area contributed by atoms with Crippen molar-refractivity contribution >= 4 is 29.1 Å². The molecule has 0 radical (unpaired) electrons. The minimum atomic E-state index is -2.64. The Hall–Kier alpha value is -2.88. The Balaban J connectivity index is 1.96. The Bertz CT molecular complexity index is 1180. The number of allylic oxidation sites excluding steroid dienone is 1. The van der Waals surface area contributed by atoms with Crippen LogP contribution in [-0.2, 0) is 16.0 Å². The third kappa shape index (κ3) is 3.56. The molecule has 0 saturated carbocycles. The van der Waals surface area contributed by atoms with Gasteiger partial charge in [0.25, 0.3) is 5.91 Å². The Morgan fingerprint density at radius 2 is 1.80 bits per heavy atom. The number of nitrogens with zero attached hydrogens (tertiary/aromatic N) is 1. The number of aliphatic hydroxyl groups excluding tert-OH is 2. The summed E-state index contributed by atoms with van der Waals surface area (Å²) in [5, 5.41) is 44.8. The van der Waals surface area contributed by atoms with Gasteiger partial charge in [-0.1, -0.05) is 25.4 Å². The topological polar surface area (TPSA) is 161 Å². The highest BCUT2D eigenvalue weighted by Crippen LogP contribution is 2.53. The molecule has 35 heavy (non-hydrogen) atoms. The number of carbonyl (C=O) groups is 3. The molecule has 0 aliphatic heterocycles. The van der Waals surface area contributed by atoms with Crippen LogP contribution in [-0.4, -0.2) is 67.5 Å². The van der Waals surface area contributed by atoms with Crippen molar-refractivity contribution in [2.45, 2.75) is 51.2 Å². The molecule has 1 aromatic carbocycles. The van der Waals surface area contributed by atoms with Crippen molar-refractivity contribution < 1.29 is 34.8 Å². The van der Waals surface area contributed by atoms with Gasteiger partial charge in [0, 0.05) is 16.5 Å². The highest BCUT2D eigenvalue weighted by atomic mass is 35.5. The SMILES string of the molecule is CCCN(CCC)[C@@H]1C(O)=C(C(N)=O)C(=O)[C@@]2(O)C(O)=C3C(=O)c4c(O)ccc(Cl)c4C[C@H]3C[C@@H]12. The number of aromatic hydroxyl groups is 1. The maximum atomic E-state index is 13.4. The first-order chi connectivity index (χ1) is 16.5. The van der Waals surface area contributed by atoms with Gasteiger partial charge in [0.2, 0.25) is 5.78 Å². The number of Topliss-reactive ketones (excluding diaryl/α,β-unsaturated/α-hetero) is 2. The van der Waals surface area contributed by atoms with E-state index in [2.05, 4.69) is 0 Å². The first-order valence-electron chi connectivity index (χ1n) is 11.7. The predicted molar refractivity (Wildman–Crippen MR) is 127 cm³/mol. The maximum Gasteiger partial charge on any atom is 0.255 e. The number of fused-ring (bicyclic) bond motifs is 3. The number of carbonyl (C=O) groups excluding carboxylic acids is 3. The van der Waals surface area contributed by atoms with E-state index in [1.807, 2.05) is 18.7 Å². The van der Waals surface area contributed by atoms with Gasteiger partial charge in [-0.25, -0.2) is 0 Å². The number of amides is 1. The number of aliphatic hydroxyl groups is 3. The third-order valence-electron chi connectivity index (χ3n) is 7.41. The summed E-state index contributed by atoms with van der Waals surface area (Å²) in [6.45, 7) is 4.83. The first-order valence-corrected chi connectivity index (χ1v) is 12.1. The maximum absolute atomic E-state index is 13.4. The molecule has 4 rings (SSSR count). The van der Waals surface area contributed by atoms with E-state index in [0.29, 0.717) is 31.5 Å². The summed E-state index contributed by atoms with van der Waals surface area (Å²) >= 11 is 6.32. The van der Waals surface area contributed by atoms with Crippen molar-refractivity contribution in [2.75, 3.05) is 13.1 Å². The summed E-state index contributed by atoms with van der Waals surface area (Å²) < 4.78 is 0. The second-order valence-electron chi connectivity index (χ2n) is 9.46. The summed E-state index contributed by atoms with van der Waals surface area (Å²) in [5.41, 5.74) is 2.11. The molecule has 0 spiro atoms. The van der Waals surface area contributed by atoms with E-state index >= 15 is 0 Å². The number of nitrogens with two attached hydrogens (primary N) is 1. The van der Waals surface area contributed by atoms with Crippen LogP contribution in [0.25, 0.3) is 0 Å². The molecular weight excluding hydrogens is 476 g/mol. The number of benzene rings is 1. The van der Waals surface area contributed by atoms with Crippen molar-refractivity contribution in [1.29, 1.82) is 0 Å². The molecule has 9 nitrogen and oxygen atoms in total. The number of hydrogen-bond acceptors (Lipinski definition) is 8. The average molecular weight is 505 g/mol. The Morgan fingerprint density at radius 1 is 1.17 bits per heavy atom. The molecule has 6 N–H and O–H groups in total. The highest BCUT2D eigenvalue weighted by Gasteiger charge is 2.63. The van der Waals surface area contributed by atoms with E-state index in [9.17, 15) is 34.8 Å². The molecular formula is C25H29ClN2O7. The molecule has 188 valence electrons. The number of primary amides is 1. The minimum absolute atomic E-state index is 0.0451. The van der Waals surface area contributed by atoms with Gasteiger partial charge in [-0.05, 0) is 62.4 Å². The van der Waals surface area contributed by atoms with E-state index in [0.717, 1.165) is 0 Å². The Morgan fingerprint density at radius 3 is 2.37 bits per heavy atom. The fourth-order valence-corrected chi connectivity index (χ4v) is 6.23. The molecule has 0 bridgehead atoms. The van der Waals surface area contributed by atoms with Gasteiger partial charge >= 0.3 is 0 Å². The van der Waals surface area contributed by atoms with Gasteiger partial charge in [0.05, 0.1) is 11.6 Å². The van der Waals surface area contributed by atoms with Crippen LogP contribution >= 0.6 is 11.6 Å². The standard InChI is InChI=1S/C25H29ClN2O7/c1-3-7-28(8-4-2)19-13-10-11-9-12-14(26)5-6-15(29)17(12)20(30)16(11)22(32)25(13,35)23(33)18(21(19)31)24(27)34/h5-6,11,13,19,29,31-32,35H,3-4,7-10H2,1-2H3,(H2,27,34)/t11-,13-,19-,25-/m0/s1. The zero-order valence-electron chi connectivity index (χ0n) is 19.5. The summed E-state index contributed by atoms with van der Waals surface area (Å²) in [6, 6.07) is 1.75. The molecule has 0 fully saturated rings. The van der Waals surface area contributed by atoms with Gasteiger partial charge in [0.15, 0.2) is 11.4 Å². The van der Waals surface area contributed by atoms with Crippen molar-refractivity contribution in [3.63, 3.8) is 0 Å². The van der Waals surface area contributed by atoms with Crippen LogP contribution in [0.1, 0.15) is 49.0 Å². The normalized spacial score (nSPS) is 28.2. The van der Waals surface area contributed by atoms with Crippen LogP contribution in [0.2, 0.25) is 5.02 Å². The second kappa shape index (κ2) is 8.96. The fourth-order valence-electron chi connectivity index (χ4n) is 6.00. The lowest BCUT2D eigenvalue weighted by Gasteiger charge is -2.51. The number of hydrogen-bond donors (Lipinski definition) is 5. The third-order valence-corrected chi connectivity index (χ3v) is 7.76. The van der Waals surface area contributed by atoms with Crippen molar-refractivity contribution in [3.8, 4) is 5.75 Å². The van der Waals surface area contributed by atoms with Crippen molar-refractivity contribution in [1.82, 2.24) is 4.90 Å². The van der Waals surface area contributed by atoms with E-state index in [1.54, 1.807) is 0 Å². The Kier molecular flexibility index (Phi) is 6.46. The summed E-state index contributed by atoms with van der Waals surface area (Å²) in [4.78, 5) is 40.9. The quantitative estimate of drug-likeness (QED) is 0.369. The number of phenols is 1. The molecule has 3 aliphatic rings. The van der Waals surface area contributed by atoms with Crippen LogP contribution in [0.5, 0.6) is 5.75 Å².